The Morgan fingerprint density at radius 1 is 1.14 bits per heavy atom. The average Bonchev–Trinajstić information content (AvgIpc) is 2.96. The molecule has 0 saturated carbocycles. The van der Waals surface area contributed by atoms with Crippen LogP contribution < -0.4 is 19.9 Å². The van der Waals surface area contributed by atoms with Gasteiger partial charge in [0.2, 0.25) is 6.41 Å². The summed E-state index contributed by atoms with van der Waals surface area (Å²) in [6.45, 7) is 4.91. The minimum absolute atomic E-state index is 0.195. The summed E-state index contributed by atoms with van der Waals surface area (Å²) in [5, 5.41) is 23.0. The van der Waals surface area contributed by atoms with Crippen LogP contribution in [0.25, 0.3) is 11.4 Å². The number of hydrogen-bond donors (Lipinski definition) is 3. The summed E-state index contributed by atoms with van der Waals surface area (Å²) in [5.41, 5.74) is 0.845. The zero-order valence-corrected chi connectivity index (χ0v) is 22.0. The van der Waals surface area contributed by atoms with Gasteiger partial charge in [-0.15, -0.1) is 0 Å². The van der Waals surface area contributed by atoms with Gasteiger partial charge in [-0.05, 0) is 32.0 Å². The van der Waals surface area contributed by atoms with Crippen LogP contribution in [0.4, 0.5) is 11.6 Å². The van der Waals surface area contributed by atoms with Gasteiger partial charge in [-0.25, -0.2) is 9.97 Å². The average molecular weight is 517 g/mol. The predicted octanol–water partition coefficient (Wildman–Crippen LogP) is 0.762. The van der Waals surface area contributed by atoms with E-state index < -0.39 is 12.5 Å². The largest absolute Gasteiger partial charge is 0.491 e. The van der Waals surface area contributed by atoms with Gasteiger partial charge < -0.3 is 39.5 Å². The third-order valence-electron chi connectivity index (χ3n) is 6.93. The van der Waals surface area contributed by atoms with E-state index in [1.54, 1.807) is 7.05 Å². The first-order chi connectivity index (χ1) is 18.0. The lowest BCUT2D eigenvalue weighted by atomic mass is 10.1. The zero-order valence-electron chi connectivity index (χ0n) is 22.0. The Kier molecular flexibility index (Phi) is 9.89. The lowest BCUT2D eigenvalue weighted by Gasteiger charge is -2.37. The van der Waals surface area contributed by atoms with Gasteiger partial charge in [0.1, 0.15) is 30.1 Å². The van der Waals surface area contributed by atoms with Crippen molar-refractivity contribution in [2.24, 2.45) is 0 Å². The van der Waals surface area contributed by atoms with E-state index in [1.165, 1.54) is 7.11 Å². The summed E-state index contributed by atoms with van der Waals surface area (Å²) in [6, 6.07) is 10.1. The molecular formula is C26H40N6O5. The van der Waals surface area contributed by atoms with Crippen molar-refractivity contribution in [3.63, 3.8) is 0 Å². The molecular weight excluding hydrogens is 476 g/mol. The highest BCUT2D eigenvalue weighted by Gasteiger charge is 2.26. The van der Waals surface area contributed by atoms with Crippen molar-refractivity contribution in [2.45, 2.75) is 31.4 Å². The van der Waals surface area contributed by atoms with Crippen LogP contribution in [0.5, 0.6) is 5.75 Å². The summed E-state index contributed by atoms with van der Waals surface area (Å²) in [7, 11) is 5.38. The number of aliphatic hydroxyl groups excluding tert-OH is 2. The first-order valence-electron chi connectivity index (χ1n) is 12.9. The molecule has 11 nitrogen and oxygen atoms in total. The Morgan fingerprint density at radius 3 is 2.59 bits per heavy atom. The third kappa shape index (κ3) is 7.28. The van der Waals surface area contributed by atoms with Crippen LogP contribution in [0, 0.1) is 0 Å². The molecule has 37 heavy (non-hydrogen) atoms. The van der Waals surface area contributed by atoms with Gasteiger partial charge in [-0.1, -0.05) is 12.1 Å². The summed E-state index contributed by atoms with van der Waals surface area (Å²) in [5.74, 6) is 2.98. The molecule has 0 amide bonds. The van der Waals surface area contributed by atoms with E-state index in [0.717, 1.165) is 43.3 Å². The highest BCUT2D eigenvalue weighted by atomic mass is 16.6. The van der Waals surface area contributed by atoms with E-state index in [9.17, 15) is 10.2 Å². The number of rotatable bonds is 11. The van der Waals surface area contributed by atoms with Crippen molar-refractivity contribution in [1.82, 2.24) is 20.2 Å². The smallest absolute Gasteiger partial charge is 0.215 e. The van der Waals surface area contributed by atoms with Gasteiger partial charge in [0.15, 0.2) is 5.82 Å². The first kappa shape index (κ1) is 27.5. The molecule has 2 unspecified atom stereocenters. The SMILES string of the molecule is CNCC(O)COc1cccc(-c2nc(N3CCN(C(O)OC)CC3)cc(N(C)C3CCOCC3)n2)c1. The highest BCUT2D eigenvalue weighted by Crippen LogP contribution is 2.29. The molecule has 204 valence electrons. The quantitative estimate of drug-likeness (QED) is 0.368. The fourth-order valence-electron chi connectivity index (χ4n) is 4.69. The molecule has 1 aromatic heterocycles. The lowest BCUT2D eigenvalue weighted by Crippen LogP contribution is -2.51. The summed E-state index contributed by atoms with van der Waals surface area (Å²) >= 11 is 0. The molecule has 11 heteroatoms. The molecule has 2 fully saturated rings. The van der Waals surface area contributed by atoms with Crippen molar-refractivity contribution in [1.29, 1.82) is 0 Å². The van der Waals surface area contributed by atoms with E-state index in [-0.39, 0.29) is 6.61 Å². The van der Waals surface area contributed by atoms with Crippen LogP contribution in [0.15, 0.2) is 30.3 Å². The summed E-state index contributed by atoms with van der Waals surface area (Å²) < 4.78 is 16.5. The van der Waals surface area contributed by atoms with Crippen LogP contribution in [-0.4, -0.2) is 117 Å². The Morgan fingerprint density at radius 2 is 1.89 bits per heavy atom. The van der Waals surface area contributed by atoms with Crippen LogP contribution in [-0.2, 0) is 9.47 Å². The molecule has 3 heterocycles. The molecule has 2 aliphatic rings. The van der Waals surface area contributed by atoms with Crippen molar-refractivity contribution >= 4 is 11.6 Å². The van der Waals surface area contributed by atoms with E-state index in [2.05, 4.69) is 28.2 Å². The fourth-order valence-corrected chi connectivity index (χ4v) is 4.69. The minimum Gasteiger partial charge on any atom is -0.491 e. The second-order valence-electron chi connectivity index (χ2n) is 9.50. The van der Waals surface area contributed by atoms with E-state index in [0.29, 0.717) is 50.3 Å². The molecule has 4 rings (SSSR count). The molecule has 2 atom stereocenters. The van der Waals surface area contributed by atoms with Gasteiger partial charge in [-0.2, -0.15) is 0 Å². The Labute approximate surface area is 219 Å². The topological polar surface area (TPSA) is 116 Å². The molecule has 2 saturated heterocycles. The van der Waals surface area contributed by atoms with Crippen molar-refractivity contribution < 1.29 is 24.4 Å². The maximum Gasteiger partial charge on any atom is 0.215 e. The van der Waals surface area contributed by atoms with Crippen molar-refractivity contribution in [2.75, 3.05) is 83.5 Å². The summed E-state index contributed by atoms with van der Waals surface area (Å²) in [6.07, 6.45) is 0.421. The van der Waals surface area contributed by atoms with E-state index >= 15 is 0 Å². The van der Waals surface area contributed by atoms with E-state index in [4.69, 9.17) is 24.2 Å². The molecule has 1 aromatic carbocycles. The molecule has 0 spiro atoms. The van der Waals surface area contributed by atoms with Gasteiger partial charge in [0.05, 0.1) is 0 Å². The number of likely N-dealkylation sites (N-methyl/N-ethyl adjacent to an activating group) is 1. The monoisotopic (exact) mass is 516 g/mol. The summed E-state index contributed by atoms with van der Waals surface area (Å²) in [4.78, 5) is 16.3. The third-order valence-corrected chi connectivity index (χ3v) is 6.93. The maximum atomic E-state index is 10.0. The fraction of sp³-hybridized carbons (Fsp3) is 0.615. The number of anilines is 2. The highest BCUT2D eigenvalue weighted by molar-refractivity contribution is 5.64. The number of aliphatic hydroxyl groups is 2. The van der Waals surface area contributed by atoms with Gasteiger partial charge >= 0.3 is 0 Å². The zero-order chi connectivity index (χ0) is 26.2. The van der Waals surface area contributed by atoms with Crippen molar-refractivity contribution in [3.8, 4) is 17.1 Å². The second-order valence-corrected chi connectivity index (χ2v) is 9.50. The number of methoxy groups -OCH3 is 1. The number of benzene rings is 1. The Balaban J connectivity index is 1.59. The van der Waals surface area contributed by atoms with E-state index in [1.807, 2.05) is 29.2 Å². The minimum atomic E-state index is -0.896. The maximum absolute atomic E-state index is 10.0. The number of aromatic nitrogens is 2. The van der Waals surface area contributed by atoms with Crippen LogP contribution in [0.1, 0.15) is 12.8 Å². The Bertz CT molecular complexity index is 984. The molecule has 0 radical (unpaired) electrons. The van der Waals surface area contributed by atoms with Crippen LogP contribution >= 0.6 is 0 Å². The van der Waals surface area contributed by atoms with Crippen LogP contribution in [0.3, 0.4) is 0 Å². The Hall–Kier alpha value is -2.54. The molecule has 0 bridgehead atoms. The van der Waals surface area contributed by atoms with Gasteiger partial charge in [0.25, 0.3) is 0 Å². The number of hydrogen-bond acceptors (Lipinski definition) is 11. The number of piperazine rings is 1. The number of nitrogens with zero attached hydrogens (tertiary/aromatic N) is 5. The molecule has 0 aliphatic carbocycles. The molecule has 2 aliphatic heterocycles. The number of ether oxygens (including phenoxy) is 3. The lowest BCUT2D eigenvalue weighted by molar-refractivity contribution is -0.177. The van der Waals surface area contributed by atoms with Gasteiger partial charge in [-0.3, -0.25) is 4.90 Å². The number of nitrogens with one attached hydrogen (secondary N) is 1. The first-order valence-corrected chi connectivity index (χ1v) is 12.9. The molecule has 2 aromatic rings. The standard InChI is InChI=1S/C26H40N6O5/c1-27-17-21(33)18-37-22-6-4-5-19(15-22)25-28-23(30(2)20-7-13-36-14-8-20)16-24(29-25)31-9-11-32(12-10-31)26(34)35-3/h4-6,15-16,20-21,26-27,33-34H,7-14,17-18H2,1-3H3. The van der Waals surface area contributed by atoms with Crippen molar-refractivity contribution in [3.05, 3.63) is 30.3 Å². The predicted molar refractivity (Wildman–Crippen MR) is 142 cm³/mol. The van der Waals surface area contributed by atoms with Crippen LogP contribution in [0.2, 0.25) is 0 Å². The second kappa shape index (κ2) is 13.3. The molecule has 3 N–H and O–H groups in total. The van der Waals surface area contributed by atoms with Gasteiger partial charge in [0, 0.05) is 77.8 Å². The normalized spacial score (nSPS) is 19.0.